The molecule has 0 spiro atoms. The molecule has 0 fully saturated rings. The summed E-state index contributed by atoms with van der Waals surface area (Å²) in [5.74, 6) is -0.253. The van der Waals surface area contributed by atoms with Gasteiger partial charge in [-0.1, -0.05) is 35.0 Å². The van der Waals surface area contributed by atoms with Crippen molar-refractivity contribution in [2.75, 3.05) is 7.11 Å². The molecule has 3 nitrogen and oxygen atoms in total. The number of carbonyl (C=O) groups excluding carboxylic acids is 1. The molecule has 0 bridgehead atoms. The smallest absolute Gasteiger partial charge is 0.327 e. The van der Waals surface area contributed by atoms with Crippen LogP contribution in [0.3, 0.4) is 0 Å². The molecule has 1 rings (SSSR count). The molecule has 1 aromatic rings. The molecule has 1 aromatic carbocycles. The Bertz CT molecular complexity index is 420. The Morgan fingerprint density at radius 2 is 2.17 bits per heavy atom. The van der Waals surface area contributed by atoms with Crippen LogP contribution in [0.2, 0.25) is 0 Å². The van der Waals surface area contributed by atoms with Crippen molar-refractivity contribution in [1.29, 1.82) is 0 Å². The summed E-state index contributed by atoms with van der Waals surface area (Å²) in [7, 11) is 1.42. The summed E-state index contributed by atoms with van der Waals surface area (Å²) < 4.78 is 5.91. The third-order valence-corrected chi connectivity index (χ3v) is 3.91. The van der Waals surface area contributed by atoms with Crippen molar-refractivity contribution in [1.82, 2.24) is 5.32 Å². The van der Waals surface area contributed by atoms with Gasteiger partial charge in [0, 0.05) is 10.5 Å². The zero-order valence-electron chi connectivity index (χ0n) is 11.3. The second-order valence-electron chi connectivity index (χ2n) is 4.44. The van der Waals surface area contributed by atoms with Crippen molar-refractivity contribution in [3.63, 3.8) is 0 Å². The predicted octanol–water partition coefficient (Wildman–Crippen LogP) is 3.36. The number of hydrogen-bond acceptors (Lipinski definition) is 3. The normalized spacial score (nSPS) is 14.1. The number of ether oxygens (including phenoxy) is 1. The van der Waals surface area contributed by atoms with Gasteiger partial charge in [0.05, 0.1) is 7.11 Å². The van der Waals surface area contributed by atoms with Crippen molar-refractivity contribution in [3.8, 4) is 0 Å². The average molecular weight is 314 g/mol. The fourth-order valence-corrected chi connectivity index (χ4v) is 1.91. The van der Waals surface area contributed by atoms with E-state index in [-0.39, 0.29) is 12.0 Å². The molecule has 0 heterocycles. The van der Waals surface area contributed by atoms with Crippen molar-refractivity contribution in [2.45, 2.75) is 39.3 Å². The van der Waals surface area contributed by atoms with Crippen LogP contribution in [0.4, 0.5) is 0 Å². The molecule has 0 radical (unpaired) electrons. The number of aryl methyl sites for hydroxylation is 1. The SMILES string of the molecule is CCC(C)NC(C(=O)OC)c1ccc(Br)c(C)c1. The van der Waals surface area contributed by atoms with E-state index in [1.54, 1.807) is 0 Å². The van der Waals surface area contributed by atoms with E-state index >= 15 is 0 Å². The van der Waals surface area contributed by atoms with E-state index in [4.69, 9.17) is 4.74 Å². The van der Waals surface area contributed by atoms with Crippen LogP contribution in [0.25, 0.3) is 0 Å². The van der Waals surface area contributed by atoms with Gasteiger partial charge < -0.3 is 4.74 Å². The summed E-state index contributed by atoms with van der Waals surface area (Å²) in [6.45, 7) is 6.14. The molecule has 100 valence electrons. The average Bonchev–Trinajstić information content (AvgIpc) is 2.38. The highest BCUT2D eigenvalue weighted by molar-refractivity contribution is 9.10. The summed E-state index contributed by atoms with van der Waals surface area (Å²) in [6.07, 6.45) is 0.961. The van der Waals surface area contributed by atoms with Gasteiger partial charge in [-0.05, 0) is 37.5 Å². The first-order valence-electron chi connectivity index (χ1n) is 6.09. The van der Waals surface area contributed by atoms with Gasteiger partial charge >= 0.3 is 5.97 Å². The zero-order valence-corrected chi connectivity index (χ0v) is 12.9. The number of esters is 1. The third kappa shape index (κ3) is 3.82. The van der Waals surface area contributed by atoms with Crippen LogP contribution in [0.1, 0.15) is 37.4 Å². The van der Waals surface area contributed by atoms with Gasteiger partial charge in [-0.3, -0.25) is 5.32 Å². The molecule has 18 heavy (non-hydrogen) atoms. The lowest BCUT2D eigenvalue weighted by Gasteiger charge is -2.21. The summed E-state index contributed by atoms with van der Waals surface area (Å²) in [5, 5.41) is 3.29. The van der Waals surface area contributed by atoms with Crippen molar-refractivity contribution in [3.05, 3.63) is 33.8 Å². The highest BCUT2D eigenvalue weighted by Gasteiger charge is 2.22. The first kappa shape index (κ1) is 15.2. The van der Waals surface area contributed by atoms with Gasteiger partial charge in [0.2, 0.25) is 0 Å². The fourth-order valence-electron chi connectivity index (χ4n) is 1.67. The Balaban J connectivity index is 3.01. The van der Waals surface area contributed by atoms with Crippen LogP contribution in [0.15, 0.2) is 22.7 Å². The van der Waals surface area contributed by atoms with Crippen LogP contribution < -0.4 is 5.32 Å². The Hall–Kier alpha value is -0.870. The number of benzene rings is 1. The standard InChI is InChI=1S/C14H20BrNO2/c1-5-10(3)16-13(14(17)18-4)11-6-7-12(15)9(2)8-11/h6-8,10,13,16H,5H2,1-4H3. The van der Waals surface area contributed by atoms with Gasteiger partial charge in [-0.15, -0.1) is 0 Å². The molecule has 0 saturated heterocycles. The number of halogens is 1. The molecule has 0 aliphatic rings. The quantitative estimate of drug-likeness (QED) is 0.847. The van der Waals surface area contributed by atoms with Gasteiger partial charge in [0.15, 0.2) is 0 Å². The summed E-state index contributed by atoms with van der Waals surface area (Å²) >= 11 is 3.46. The monoisotopic (exact) mass is 313 g/mol. The second-order valence-corrected chi connectivity index (χ2v) is 5.30. The number of methoxy groups -OCH3 is 1. The number of hydrogen-bond donors (Lipinski definition) is 1. The van der Waals surface area contributed by atoms with Crippen molar-refractivity contribution < 1.29 is 9.53 Å². The predicted molar refractivity (Wildman–Crippen MR) is 76.5 cm³/mol. The summed E-state index contributed by atoms with van der Waals surface area (Å²) in [5.41, 5.74) is 2.04. The Morgan fingerprint density at radius 1 is 1.50 bits per heavy atom. The van der Waals surface area contributed by atoms with Gasteiger partial charge in [-0.25, -0.2) is 4.79 Å². The van der Waals surface area contributed by atoms with Gasteiger partial charge in [-0.2, -0.15) is 0 Å². The first-order valence-corrected chi connectivity index (χ1v) is 6.88. The molecule has 0 aliphatic carbocycles. The minimum absolute atomic E-state index is 0.253. The third-order valence-electron chi connectivity index (χ3n) is 3.02. The van der Waals surface area contributed by atoms with Crippen LogP contribution in [-0.2, 0) is 9.53 Å². The Morgan fingerprint density at radius 3 is 2.67 bits per heavy atom. The largest absolute Gasteiger partial charge is 0.468 e. The summed E-state index contributed by atoms with van der Waals surface area (Å²) in [6, 6.07) is 5.75. The molecule has 0 aliphatic heterocycles. The number of rotatable bonds is 5. The van der Waals surface area contributed by atoms with E-state index in [1.807, 2.05) is 25.1 Å². The Kier molecular flexibility index (Phi) is 5.82. The van der Waals surface area contributed by atoms with E-state index in [1.165, 1.54) is 7.11 Å². The van der Waals surface area contributed by atoms with Gasteiger partial charge in [0.25, 0.3) is 0 Å². The van der Waals surface area contributed by atoms with Crippen LogP contribution >= 0.6 is 15.9 Å². The second kappa shape index (κ2) is 6.90. The minimum atomic E-state index is -0.406. The van der Waals surface area contributed by atoms with E-state index in [2.05, 4.69) is 35.1 Å². The first-order chi connectivity index (χ1) is 8.49. The van der Waals surface area contributed by atoms with Crippen molar-refractivity contribution >= 4 is 21.9 Å². The maximum atomic E-state index is 11.9. The van der Waals surface area contributed by atoms with E-state index in [9.17, 15) is 4.79 Å². The molecular formula is C14H20BrNO2. The molecule has 1 N–H and O–H groups in total. The van der Waals surface area contributed by atoms with Crippen LogP contribution in [0, 0.1) is 6.92 Å². The minimum Gasteiger partial charge on any atom is -0.468 e. The fraction of sp³-hybridized carbons (Fsp3) is 0.500. The lowest BCUT2D eigenvalue weighted by molar-refractivity contribution is -0.143. The molecule has 2 unspecified atom stereocenters. The Labute approximate surface area is 117 Å². The lowest BCUT2D eigenvalue weighted by Crippen LogP contribution is -2.35. The van der Waals surface area contributed by atoms with E-state index in [0.717, 1.165) is 22.0 Å². The molecular weight excluding hydrogens is 294 g/mol. The van der Waals surface area contributed by atoms with Crippen molar-refractivity contribution in [2.24, 2.45) is 0 Å². The molecule has 0 aromatic heterocycles. The zero-order chi connectivity index (χ0) is 13.7. The maximum Gasteiger partial charge on any atom is 0.327 e. The lowest BCUT2D eigenvalue weighted by atomic mass is 10.0. The summed E-state index contributed by atoms with van der Waals surface area (Å²) in [4.78, 5) is 11.9. The number of carbonyl (C=O) groups is 1. The van der Waals surface area contributed by atoms with E-state index in [0.29, 0.717) is 0 Å². The van der Waals surface area contributed by atoms with E-state index < -0.39 is 6.04 Å². The maximum absolute atomic E-state index is 11.9. The topological polar surface area (TPSA) is 38.3 Å². The highest BCUT2D eigenvalue weighted by atomic mass is 79.9. The van der Waals surface area contributed by atoms with Crippen LogP contribution in [0.5, 0.6) is 0 Å². The number of nitrogens with one attached hydrogen (secondary N) is 1. The molecule has 0 saturated carbocycles. The molecule has 2 atom stereocenters. The molecule has 0 amide bonds. The van der Waals surface area contributed by atoms with Crippen LogP contribution in [-0.4, -0.2) is 19.1 Å². The highest BCUT2D eigenvalue weighted by Crippen LogP contribution is 2.22. The van der Waals surface area contributed by atoms with Gasteiger partial charge in [0.1, 0.15) is 6.04 Å². The molecule has 4 heteroatoms.